The fraction of sp³-hybridized carbons (Fsp3) is 0.263. The maximum atomic E-state index is 13.8. The molecule has 2 aromatic carbocycles. The second-order valence-corrected chi connectivity index (χ2v) is 5.78. The molecule has 0 saturated carbocycles. The molecule has 24 heavy (non-hydrogen) atoms. The summed E-state index contributed by atoms with van der Waals surface area (Å²) in [5.74, 6) is -0.859. The summed E-state index contributed by atoms with van der Waals surface area (Å²) in [6.07, 6.45) is 0.679. The zero-order chi connectivity index (χ0) is 16.9. The summed E-state index contributed by atoms with van der Waals surface area (Å²) < 4.78 is 13.8. The smallest absolute Gasteiger partial charge is 0.256 e. The molecule has 0 bridgehead atoms. The quantitative estimate of drug-likeness (QED) is 0.851. The van der Waals surface area contributed by atoms with Crippen molar-refractivity contribution < 1.29 is 14.0 Å². The fourth-order valence-electron chi connectivity index (χ4n) is 2.89. The van der Waals surface area contributed by atoms with Crippen molar-refractivity contribution in [1.82, 2.24) is 9.80 Å². The number of nitrogens with zero attached hydrogens (tertiary/aromatic N) is 2. The first-order valence-electron chi connectivity index (χ1n) is 8.05. The zero-order valence-corrected chi connectivity index (χ0v) is 13.3. The minimum absolute atomic E-state index is 0.0317. The number of carbonyl (C=O) groups is 2. The number of halogens is 1. The largest absolute Gasteiger partial charge is 0.337 e. The number of amides is 2. The second kappa shape index (κ2) is 7.25. The van der Waals surface area contributed by atoms with Crippen molar-refractivity contribution in [2.24, 2.45) is 0 Å². The molecule has 0 unspecified atom stereocenters. The summed E-state index contributed by atoms with van der Waals surface area (Å²) in [6.45, 7) is 1.97. The van der Waals surface area contributed by atoms with E-state index in [2.05, 4.69) is 0 Å². The molecule has 4 nitrogen and oxygen atoms in total. The van der Waals surface area contributed by atoms with Crippen LogP contribution < -0.4 is 0 Å². The van der Waals surface area contributed by atoms with E-state index in [1.54, 1.807) is 34.1 Å². The normalized spacial score (nSPS) is 15.0. The van der Waals surface area contributed by atoms with Crippen molar-refractivity contribution in [3.8, 4) is 0 Å². The molecule has 2 amide bonds. The van der Waals surface area contributed by atoms with Crippen LogP contribution in [-0.2, 0) is 0 Å². The molecule has 3 rings (SSSR count). The number of hydrogen-bond acceptors (Lipinski definition) is 2. The standard InChI is InChI=1S/C19H19FN2O2/c20-17-10-5-4-9-16(17)19(24)22-12-6-11-21(13-14-22)18(23)15-7-2-1-3-8-15/h1-5,7-10H,6,11-14H2. The van der Waals surface area contributed by atoms with Gasteiger partial charge in [0.25, 0.3) is 11.8 Å². The highest BCUT2D eigenvalue weighted by Gasteiger charge is 2.24. The van der Waals surface area contributed by atoms with Crippen LogP contribution in [0.15, 0.2) is 54.6 Å². The molecule has 1 aliphatic heterocycles. The summed E-state index contributed by atoms with van der Waals surface area (Å²) in [4.78, 5) is 28.4. The third-order valence-corrected chi connectivity index (χ3v) is 4.20. The molecule has 0 aliphatic carbocycles. The first-order valence-corrected chi connectivity index (χ1v) is 8.05. The van der Waals surface area contributed by atoms with Gasteiger partial charge < -0.3 is 9.80 Å². The van der Waals surface area contributed by atoms with E-state index in [4.69, 9.17) is 0 Å². The van der Waals surface area contributed by atoms with Crippen molar-refractivity contribution in [3.63, 3.8) is 0 Å². The minimum atomic E-state index is -0.510. The molecule has 1 aliphatic rings. The lowest BCUT2D eigenvalue weighted by atomic mass is 10.2. The summed E-state index contributed by atoms with van der Waals surface area (Å²) >= 11 is 0. The Morgan fingerprint density at radius 2 is 1.33 bits per heavy atom. The highest BCUT2D eigenvalue weighted by Crippen LogP contribution is 2.14. The van der Waals surface area contributed by atoms with Crippen LogP contribution in [0, 0.1) is 5.82 Å². The molecule has 2 aromatic rings. The van der Waals surface area contributed by atoms with Crippen LogP contribution >= 0.6 is 0 Å². The van der Waals surface area contributed by atoms with Crippen LogP contribution in [0.3, 0.4) is 0 Å². The van der Waals surface area contributed by atoms with Crippen LogP contribution in [0.25, 0.3) is 0 Å². The highest BCUT2D eigenvalue weighted by atomic mass is 19.1. The van der Waals surface area contributed by atoms with Crippen molar-refractivity contribution in [1.29, 1.82) is 0 Å². The minimum Gasteiger partial charge on any atom is -0.337 e. The molecule has 124 valence electrons. The number of hydrogen-bond donors (Lipinski definition) is 0. The van der Waals surface area contributed by atoms with Gasteiger partial charge >= 0.3 is 0 Å². The lowest BCUT2D eigenvalue weighted by Crippen LogP contribution is -2.37. The highest BCUT2D eigenvalue weighted by molar-refractivity contribution is 5.95. The third-order valence-electron chi connectivity index (χ3n) is 4.20. The van der Waals surface area contributed by atoms with Crippen LogP contribution in [-0.4, -0.2) is 47.8 Å². The predicted octanol–water partition coefficient (Wildman–Crippen LogP) is 2.81. The molecule has 1 heterocycles. The molecular formula is C19H19FN2O2. The molecule has 0 N–H and O–H groups in total. The van der Waals surface area contributed by atoms with Gasteiger partial charge in [-0.25, -0.2) is 4.39 Å². The Morgan fingerprint density at radius 1 is 0.750 bits per heavy atom. The van der Waals surface area contributed by atoms with Crippen LogP contribution in [0.2, 0.25) is 0 Å². The van der Waals surface area contributed by atoms with Gasteiger partial charge in [0.1, 0.15) is 5.82 Å². The Morgan fingerprint density at radius 3 is 2.00 bits per heavy atom. The number of benzene rings is 2. The van der Waals surface area contributed by atoms with Crippen molar-refractivity contribution >= 4 is 11.8 Å². The Hall–Kier alpha value is -2.69. The molecule has 0 atom stereocenters. The first kappa shape index (κ1) is 16.2. The van der Waals surface area contributed by atoms with Gasteiger partial charge in [-0.2, -0.15) is 0 Å². The van der Waals surface area contributed by atoms with Gasteiger partial charge in [0.2, 0.25) is 0 Å². The van der Waals surface area contributed by atoms with Crippen LogP contribution in [0.1, 0.15) is 27.1 Å². The average molecular weight is 326 g/mol. The zero-order valence-electron chi connectivity index (χ0n) is 13.3. The van der Waals surface area contributed by atoms with Crippen molar-refractivity contribution in [2.45, 2.75) is 6.42 Å². The fourth-order valence-corrected chi connectivity index (χ4v) is 2.89. The molecule has 0 aromatic heterocycles. The molecule has 0 radical (unpaired) electrons. The van der Waals surface area contributed by atoms with E-state index in [-0.39, 0.29) is 17.4 Å². The molecule has 0 spiro atoms. The van der Waals surface area contributed by atoms with Crippen molar-refractivity contribution in [2.75, 3.05) is 26.2 Å². The Balaban J connectivity index is 1.68. The van der Waals surface area contributed by atoms with Gasteiger partial charge in [-0.05, 0) is 30.7 Å². The van der Waals surface area contributed by atoms with E-state index in [0.29, 0.717) is 38.2 Å². The molecule has 5 heteroatoms. The molecule has 1 fully saturated rings. The van der Waals surface area contributed by atoms with Crippen molar-refractivity contribution in [3.05, 3.63) is 71.5 Å². The SMILES string of the molecule is O=C(c1ccccc1)N1CCCN(C(=O)c2ccccc2F)CC1. The Kier molecular flexibility index (Phi) is 4.89. The van der Waals surface area contributed by atoms with E-state index in [0.717, 1.165) is 0 Å². The summed E-state index contributed by atoms with van der Waals surface area (Å²) in [5, 5.41) is 0. The topological polar surface area (TPSA) is 40.6 Å². The maximum absolute atomic E-state index is 13.8. The maximum Gasteiger partial charge on any atom is 0.256 e. The Labute approximate surface area is 140 Å². The van der Waals surface area contributed by atoms with Crippen LogP contribution in [0.5, 0.6) is 0 Å². The summed E-state index contributed by atoms with van der Waals surface area (Å²) in [6, 6.07) is 15.1. The number of rotatable bonds is 2. The van der Waals surface area contributed by atoms with Gasteiger partial charge in [-0.15, -0.1) is 0 Å². The van der Waals surface area contributed by atoms with Gasteiger partial charge in [-0.1, -0.05) is 30.3 Å². The van der Waals surface area contributed by atoms with Gasteiger partial charge in [0, 0.05) is 31.7 Å². The van der Waals surface area contributed by atoms with Crippen LogP contribution in [0.4, 0.5) is 4.39 Å². The van der Waals surface area contributed by atoms with E-state index in [9.17, 15) is 14.0 Å². The monoisotopic (exact) mass is 326 g/mol. The molecule has 1 saturated heterocycles. The van der Waals surface area contributed by atoms with E-state index in [1.165, 1.54) is 12.1 Å². The summed E-state index contributed by atoms with van der Waals surface area (Å²) in [5.41, 5.74) is 0.728. The van der Waals surface area contributed by atoms with Gasteiger partial charge in [0.05, 0.1) is 5.56 Å². The molecular weight excluding hydrogens is 307 g/mol. The number of carbonyl (C=O) groups excluding carboxylic acids is 2. The lowest BCUT2D eigenvalue weighted by molar-refractivity contribution is 0.0716. The van der Waals surface area contributed by atoms with Gasteiger partial charge in [0.15, 0.2) is 0 Å². The first-order chi connectivity index (χ1) is 11.7. The van der Waals surface area contributed by atoms with E-state index >= 15 is 0 Å². The lowest BCUT2D eigenvalue weighted by Gasteiger charge is -2.22. The predicted molar refractivity (Wildman–Crippen MR) is 89.3 cm³/mol. The summed E-state index contributed by atoms with van der Waals surface area (Å²) in [7, 11) is 0. The van der Waals surface area contributed by atoms with E-state index in [1.807, 2.05) is 18.2 Å². The third kappa shape index (κ3) is 3.45. The van der Waals surface area contributed by atoms with Gasteiger partial charge in [-0.3, -0.25) is 9.59 Å². The average Bonchev–Trinajstić information content (AvgIpc) is 2.88. The van der Waals surface area contributed by atoms with E-state index < -0.39 is 5.82 Å². The second-order valence-electron chi connectivity index (χ2n) is 5.78. The Bertz CT molecular complexity index is 733.